The summed E-state index contributed by atoms with van der Waals surface area (Å²) in [4.78, 5) is 25.3. The lowest BCUT2D eigenvalue weighted by Gasteiger charge is -2.28. The smallest absolute Gasteiger partial charge is 0.271 e. The molecule has 0 spiro atoms. The molecule has 35 heavy (non-hydrogen) atoms. The largest absolute Gasteiger partial charge is 0.309 e. The molecule has 0 aliphatic carbocycles. The van der Waals surface area contributed by atoms with E-state index in [0.29, 0.717) is 11.3 Å². The van der Waals surface area contributed by atoms with Crippen LogP contribution in [0.15, 0.2) is 94.4 Å². The Kier molecular flexibility index (Phi) is 5.88. The van der Waals surface area contributed by atoms with Gasteiger partial charge in [0.05, 0.1) is 27.4 Å². The Bertz CT molecular complexity index is 1490. The van der Waals surface area contributed by atoms with Gasteiger partial charge in [-0.1, -0.05) is 66.2 Å². The first kappa shape index (κ1) is 22.5. The highest BCUT2D eigenvalue weighted by molar-refractivity contribution is 7.80. The van der Waals surface area contributed by atoms with E-state index in [1.54, 1.807) is 6.07 Å². The van der Waals surface area contributed by atoms with Gasteiger partial charge in [0.2, 0.25) is 5.11 Å². The molecule has 1 aliphatic rings. The van der Waals surface area contributed by atoms with Crippen molar-refractivity contribution in [3.8, 4) is 0 Å². The lowest BCUT2D eigenvalue weighted by atomic mass is 9.93. The number of imidazole rings is 1. The van der Waals surface area contributed by atoms with Crippen molar-refractivity contribution in [1.82, 2.24) is 9.55 Å². The van der Waals surface area contributed by atoms with Crippen molar-refractivity contribution >= 4 is 51.6 Å². The second-order valence-corrected chi connectivity index (χ2v) is 8.77. The number of hydrogen-bond donors (Lipinski definition) is 0. The van der Waals surface area contributed by atoms with Crippen LogP contribution in [-0.2, 0) is 0 Å². The van der Waals surface area contributed by atoms with Crippen molar-refractivity contribution in [2.45, 2.75) is 19.9 Å². The summed E-state index contributed by atoms with van der Waals surface area (Å²) < 4.78 is 2.05. The zero-order valence-electron chi connectivity index (χ0n) is 19.1. The number of allylic oxidation sites excluding steroid dienone is 1. The Morgan fingerprint density at radius 2 is 1.51 bits per heavy atom. The highest BCUT2D eigenvalue weighted by Gasteiger charge is 2.33. The lowest BCUT2D eigenvalue weighted by molar-refractivity contribution is -0.384. The minimum Gasteiger partial charge on any atom is -0.309 e. The zero-order valence-corrected chi connectivity index (χ0v) is 19.9. The van der Waals surface area contributed by atoms with Crippen LogP contribution in [0.4, 0.5) is 5.69 Å². The highest BCUT2D eigenvalue weighted by atomic mass is 32.1. The summed E-state index contributed by atoms with van der Waals surface area (Å²) in [6, 6.07) is 24.0. The number of nitro groups is 1. The second kappa shape index (κ2) is 9.15. The second-order valence-electron chi connectivity index (χ2n) is 8.40. The molecule has 1 aromatic heterocycles. The Morgan fingerprint density at radius 3 is 2.03 bits per heavy atom. The van der Waals surface area contributed by atoms with E-state index in [1.807, 2.05) is 85.2 Å². The predicted molar refractivity (Wildman–Crippen MR) is 143 cm³/mol. The molecule has 0 saturated carbocycles. The summed E-state index contributed by atoms with van der Waals surface area (Å²) in [5.74, 6) is 0.658. The summed E-state index contributed by atoms with van der Waals surface area (Å²) in [6.07, 6.45) is 1.96. The molecule has 172 valence electrons. The third-order valence-electron chi connectivity index (χ3n) is 5.68. The molecule has 0 bridgehead atoms. The fourth-order valence-electron chi connectivity index (χ4n) is 4.24. The molecule has 4 aromatic rings. The van der Waals surface area contributed by atoms with Gasteiger partial charge in [-0.05, 0) is 49.3 Å². The van der Waals surface area contributed by atoms with E-state index >= 15 is 0 Å². The van der Waals surface area contributed by atoms with Gasteiger partial charge in [0.25, 0.3) is 5.69 Å². The molecule has 2 heterocycles. The zero-order chi connectivity index (χ0) is 24.5. The minimum absolute atomic E-state index is 0.00961. The Balaban J connectivity index is 1.84. The topological polar surface area (TPSA) is 85.7 Å². The van der Waals surface area contributed by atoms with Gasteiger partial charge in [0.1, 0.15) is 11.9 Å². The SMILES string of the molecule is CC(C)=Cc1nc2cc([N+](=O)[O-])ccc2n1C1C(c2ccccc2)=NC(=S)N=C1c1ccccc1. The fraction of sp³-hybridized carbons (Fsp3) is 0.111. The molecule has 5 rings (SSSR count). The molecule has 0 N–H and O–H groups in total. The number of nitro benzene ring substituents is 1. The third kappa shape index (κ3) is 4.31. The summed E-state index contributed by atoms with van der Waals surface area (Å²) in [5.41, 5.74) is 5.61. The summed E-state index contributed by atoms with van der Waals surface area (Å²) in [5, 5.41) is 11.7. The molecule has 0 atom stereocenters. The number of non-ortho nitro benzene ring substituents is 1. The molecular weight excluding hydrogens is 458 g/mol. The van der Waals surface area contributed by atoms with Crippen molar-refractivity contribution < 1.29 is 4.92 Å². The van der Waals surface area contributed by atoms with Gasteiger partial charge in [0, 0.05) is 12.1 Å². The number of fused-ring (bicyclic) bond motifs is 1. The van der Waals surface area contributed by atoms with Crippen molar-refractivity contribution in [3.63, 3.8) is 0 Å². The molecule has 0 saturated heterocycles. The van der Waals surface area contributed by atoms with Crippen LogP contribution in [0.1, 0.15) is 36.8 Å². The van der Waals surface area contributed by atoms with Gasteiger partial charge < -0.3 is 4.57 Å². The Morgan fingerprint density at radius 1 is 0.943 bits per heavy atom. The van der Waals surface area contributed by atoms with E-state index in [4.69, 9.17) is 27.2 Å². The molecule has 1 aliphatic heterocycles. The molecular formula is C27H21N5O2S. The molecule has 7 nitrogen and oxygen atoms in total. The van der Waals surface area contributed by atoms with Crippen LogP contribution in [0, 0.1) is 10.1 Å². The molecule has 0 unspecified atom stereocenters. The van der Waals surface area contributed by atoms with E-state index in [0.717, 1.165) is 33.6 Å². The van der Waals surface area contributed by atoms with Gasteiger partial charge in [0.15, 0.2) is 0 Å². The first-order chi connectivity index (χ1) is 16.9. The van der Waals surface area contributed by atoms with Crippen LogP contribution in [0.25, 0.3) is 17.1 Å². The van der Waals surface area contributed by atoms with E-state index < -0.39 is 11.0 Å². The standard InChI is InChI=1S/C27H21N5O2S/c1-17(2)15-23-28-21-16-20(32(33)34)13-14-22(21)31(23)26-24(18-9-5-3-6-10-18)29-27(35)30-25(26)19-11-7-4-8-12-19/h3-16,26H,1-2H3. The number of aromatic nitrogens is 2. The average Bonchev–Trinajstić information content (AvgIpc) is 3.20. The van der Waals surface area contributed by atoms with Crippen LogP contribution < -0.4 is 0 Å². The number of thiocarbonyl (C=S) groups is 1. The minimum atomic E-state index is -0.455. The van der Waals surface area contributed by atoms with Gasteiger partial charge in [-0.2, -0.15) is 0 Å². The maximum absolute atomic E-state index is 11.4. The number of aliphatic imine (C=N–C) groups is 2. The number of benzene rings is 3. The summed E-state index contributed by atoms with van der Waals surface area (Å²) >= 11 is 5.50. The van der Waals surface area contributed by atoms with Gasteiger partial charge in [-0.3, -0.25) is 10.1 Å². The van der Waals surface area contributed by atoms with E-state index in [-0.39, 0.29) is 10.8 Å². The number of nitrogens with zero attached hydrogens (tertiary/aromatic N) is 5. The molecule has 8 heteroatoms. The normalized spacial score (nSPS) is 13.9. The van der Waals surface area contributed by atoms with Gasteiger partial charge in [-0.25, -0.2) is 15.0 Å². The Hall–Kier alpha value is -4.30. The number of rotatable bonds is 5. The highest BCUT2D eigenvalue weighted by Crippen LogP contribution is 2.32. The first-order valence-electron chi connectivity index (χ1n) is 11.1. The van der Waals surface area contributed by atoms with Gasteiger partial charge in [-0.15, -0.1) is 0 Å². The van der Waals surface area contributed by atoms with Crippen molar-refractivity contribution in [3.05, 3.63) is 112 Å². The quantitative estimate of drug-likeness (QED) is 0.194. The molecule has 0 fully saturated rings. The van der Waals surface area contributed by atoms with Crippen LogP contribution in [0.3, 0.4) is 0 Å². The van der Waals surface area contributed by atoms with E-state index in [1.165, 1.54) is 12.1 Å². The summed E-state index contributed by atoms with van der Waals surface area (Å²) in [6.45, 7) is 3.97. The maximum Gasteiger partial charge on any atom is 0.271 e. The van der Waals surface area contributed by atoms with Crippen molar-refractivity contribution in [2.75, 3.05) is 0 Å². The average molecular weight is 480 g/mol. The molecule has 3 aromatic carbocycles. The number of hydrogen-bond acceptors (Lipinski definition) is 4. The maximum atomic E-state index is 11.4. The van der Waals surface area contributed by atoms with Crippen LogP contribution >= 0.6 is 12.2 Å². The predicted octanol–water partition coefficient (Wildman–Crippen LogP) is 6.19. The molecule has 0 amide bonds. The van der Waals surface area contributed by atoms with E-state index in [2.05, 4.69) is 0 Å². The lowest BCUT2D eigenvalue weighted by Crippen LogP contribution is -2.33. The third-order valence-corrected chi connectivity index (χ3v) is 5.86. The van der Waals surface area contributed by atoms with Gasteiger partial charge >= 0.3 is 0 Å². The van der Waals surface area contributed by atoms with Crippen LogP contribution in [0.2, 0.25) is 0 Å². The fourth-order valence-corrected chi connectivity index (χ4v) is 4.44. The summed E-state index contributed by atoms with van der Waals surface area (Å²) in [7, 11) is 0. The Labute approximate surface area is 207 Å². The van der Waals surface area contributed by atoms with Crippen LogP contribution in [-0.4, -0.2) is 31.0 Å². The molecule has 0 radical (unpaired) electrons. The first-order valence-corrected chi connectivity index (χ1v) is 11.5. The van der Waals surface area contributed by atoms with Crippen molar-refractivity contribution in [2.24, 2.45) is 9.98 Å². The van der Waals surface area contributed by atoms with Crippen molar-refractivity contribution in [1.29, 1.82) is 0 Å². The van der Waals surface area contributed by atoms with Crippen LogP contribution in [0.5, 0.6) is 0 Å². The van der Waals surface area contributed by atoms with E-state index in [9.17, 15) is 10.1 Å². The monoisotopic (exact) mass is 479 g/mol.